The van der Waals surface area contributed by atoms with E-state index in [9.17, 15) is 18.0 Å². The summed E-state index contributed by atoms with van der Waals surface area (Å²) >= 11 is 0. The maximum Gasteiger partial charge on any atom is 0.255 e. The molecule has 2 heterocycles. The van der Waals surface area contributed by atoms with Crippen LogP contribution in [0.5, 0.6) is 0 Å². The topological polar surface area (TPSA) is 99.7 Å². The molecule has 3 rings (SSSR count). The molecule has 154 valence electrons. The van der Waals surface area contributed by atoms with E-state index in [0.717, 1.165) is 0 Å². The molecule has 0 spiro atoms. The van der Waals surface area contributed by atoms with Crippen molar-refractivity contribution in [1.82, 2.24) is 19.5 Å². The van der Waals surface area contributed by atoms with Crippen LogP contribution >= 0.6 is 0 Å². The summed E-state index contributed by atoms with van der Waals surface area (Å²) in [6, 6.07) is 11.5. The Morgan fingerprint density at radius 3 is 2.52 bits per heavy atom. The molecule has 29 heavy (non-hydrogen) atoms. The third kappa shape index (κ3) is 5.39. The van der Waals surface area contributed by atoms with Gasteiger partial charge in [0.1, 0.15) is 0 Å². The normalized spacial score (nSPS) is 17.2. The summed E-state index contributed by atoms with van der Waals surface area (Å²) in [5, 5.41) is 2.76. The van der Waals surface area contributed by atoms with Crippen LogP contribution in [0.25, 0.3) is 0 Å². The molecule has 1 aliphatic rings. The predicted molar refractivity (Wildman–Crippen MR) is 108 cm³/mol. The van der Waals surface area contributed by atoms with Crippen LogP contribution in [0.3, 0.4) is 0 Å². The molecule has 2 aromatic rings. The van der Waals surface area contributed by atoms with E-state index in [4.69, 9.17) is 0 Å². The van der Waals surface area contributed by atoms with Gasteiger partial charge in [-0.2, -0.15) is 4.31 Å². The molecule has 0 unspecified atom stereocenters. The summed E-state index contributed by atoms with van der Waals surface area (Å²) in [5.41, 5.74) is 0.461. The largest absolute Gasteiger partial charge is 0.354 e. The highest BCUT2D eigenvalue weighted by atomic mass is 32.2. The molecule has 1 fully saturated rings. The number of carbonyl (C=O) groups excluding carboxylic acids is 2. The maximum atomic E-state index is 13.0. The fourth-order valence-corrected chi connectivity index (χ4v) is 4.66. The Labute approximate surface area is 170 Å². The van der Waals surface area contributed by atoms with Crippen molar-refractivity contribution < 1.29 is 18.0 Å². The van der Waals surface area contributed by atoms with Gasteiger partial charge in [-0.25, -0.2) is 8.42 Å². The van der Waals surface area contributed by atoms with Crippen LogP contribution in [0.1, 0.15) is 23.2 Å². The van der Waals surface area contributed by atoms with Crippen LogP contribution in [0.4, 0.5) is 0 Å². The number of hydrogen-bond donors (Lipinski definition) is 1. The van der Waals surface area contributed by atoms with Crippen LogP contribution in [0, 0.1) is 0 Å². The van der Waals surface area contributed by atoms with Crippen LogP contribution in [-0.4, -0.2) is 67.1 Å². The van der Waals surface area contributed by atoms with Crippen molar-refractivity contribution in [2.45, 2.75) is 17.7 Å². The quantitative estimate of drug-likeness (QED) is 0.808. The fraction of sp³-hybridized carbons (Fsp3) is 0.350. The number of aromatic nitrogens is 1. The Morgan fingerprint density at radius 1 is 1.00 bits per heavy atom. The van der Waals surface area contributed by atoms with Crippen LogP contribution in [0.15, 0.2) is 59.8 Å². The summed E-state index contributed by atoms with van der Waals surface area (Å²) in [4.78, 5) is 30.7. The first kappa shape index (κ1) is 20.9. The molecule has 1 aromatic carbocycles. The van der Waals surface area contributed by atoms with Gasteiger partial charge in [0.25, 0.3) is 5.91 Å². The molecule has 2 amide bonds. The van der Waals surface area contributed by atoms with Crippen LogP contribution < -0.4 is 5.32 Å². The lowest BCUT2D eigenvalue weighted by atomic mass is 10.2. The molecule has 9 heteroatoms. The number of rotatable bonds is 3. The zero-order valence-electron chi connectivity index (χ0n) is 16.0. The van der Waals surface area contributed by atoms with Crippen LogP contribution in [-0.2, 0) is 14.8 Å². The Kier molecular flexibility index (Phi) is 6.95. The van der Waals surface area contributed by atoms with Gasteiger partial charge in [-0.1, -0.05) is 18.2 Å². The smallest absolute Gasteiger partial charge is 0.255 e. The highest BCUT2D eigenvalue weighted by molar-refractivity contribution is 7.89. The third-order valence-corrected chi connectivity index (χ3v) is 6.62. The number of amides is 2. The SMILES string of the molecule is O=C1CCN(S(=O)(=O)c2ccccc2)CCCN(C(=O)c2cccnc2)CCN1. The predicted octanol–water partition coefficient (Wildman–Crippen LogP) is 1.12. The first-order valence-electron chi connectivity index (χ1n) is 9.50. The molecular weight excluding hydrogens is 392 g/mol. The molecule has 0 atom stereocenters. The summed E-state index contributed by atoms with van der Waals surface area (Å²) in [6.07, 6.45) is 3.63. The van der Waals surface area contributed by atoms with Crippen LogP contribution in [0.2, 0.25) is 0 Å². The average molecular weight is 417 g/mol. The van der Waals surface area contributed by atoms with E-state index in [-0.39, 0.29) is 36.2 Å². The summed E-state index contributed by atoms with van der Waals surface area (Å²) in [5.74, 6) is -0.432. The Hall–Kier alpha value is -2.78. The lowest BCUT2D eigenvalue weighted by Crippen LogP contribution is -2.39. The van der Waals surface area contributed by atoms with Gasteiger partial charge in [0.2, 0.25) is 15.9 Å². The molecule has 0 bridgehead atoms. The lowest BCUT2D eigenvalue weighted by molar-refractivity contribution is -0.121. The van der Waals surface area contributed by atoms with Gasteiger partial charge in [0.05, 0.1) is 10.5 Å². The number of sulfonamides is 1. The molecular formula is C20H24N4O4S. The van der Waals surface area contributed by atoms with Crippen molar-refractivity contribution in [2.75, 3.05) is 32.7 Å². The third-order valence-electron chi connectivity index (χ3n) is 4.70. The minimum atomic E-state index is -3.72. The summed E-state index contributed by atoms with van der Waals surface area (Å²) < 4.78 is 27.3. The van der Waals surface area contributed by atoms with Crippen molar-refractivity contribution in [3.05, 3.63) is 60.4 Å². The molecule has 1 aromatic heterocycles. The Bertz CT molecular complexity index is 935. The molecule has 0 aliphatic carbocycles. The zero-order valence-corrected chi connectivity index (χ0v) is 16.8. The second kappa shape index (κ2) is 9.62. The first-order valence-corrected chi connectivity index (χ1v) is 10.9. The summed E-state index contributed by atoms with van der Waals surface area (Å²) in [7, 11) is -3.72. The minimum absolute atomic E-state index is 0.0720. The van der Waals surface area contributed by atoms with Crippen molar-refractivity contribution in [1.29, 1.82) is 0 Å². The second-order valence-corrected chi connectivity index (χ2v) is 8.64. The Balaban J connectivity index is 1.77. The first-order chi connectivity index (χ1) is 14.0. The van der Waals surface area contributed by atoms with Gasteiger partial charge < -0.3 is 10.2 Å². The van der Waals surface area contributed by atoms with E-state index in [1.54, 1.807) is 53.6 Å². The van der Waals surface area contributed by atoms with Gasteiger partial charge in [-0.15, -0.1) is 0 Å². The fourth-order valence-electron chi connectivity index (χ4n) is 3.16. The highest BCUT2D eigenvalue weighted by Gasteiger charge is 2.26. The van der Waals surface area contributed by atoms with Crippen molar-refractivity contribution in [3.63, 3.8) is 0 Å². The second-order valence-electron chi connectivity index (χ2n) is 6.70. The Morgan fingerprint density at radius 2 is 1.79 bits per heavy atom. The molecule has 1 N–H and O–H groups in total. The number of pyridine rings is 1. The number of benzene rings is 1. The maximum absolute atomic E-state index is 13.0. The monoisotopic (exact) mass is 416 g/mol. The highest BCUT2D eigenvalue weighted by Crippen LogP contribution is 2.16. The van der Waals surface area contributed by atoms with E-state index in [1.807, 2.05) is 0 Å². The zero-order chi connectivity index (χ0) is 20.7. The van der Waals surface area contributed by atoms with Gasteiger partial charge >= 0.3 is 0 Å². The number of nitrogens with one attached hydrogen (secondary N) is 1. The van der Waals surface area contributed by atoms with Gasteiger partial charge in [-0.05, 0) is 30.7 Å². The molecule has 1 aliphatic heterocycles. The van der Waals surface area contributed by atoms with Crippen molar-refractivity contribution >= 4 is 21.8 Å². The summed E-state index contributed by atoms with van der Waals surface area (Å²) in [6.45, 7) is 1.37. The van der Waals surface area contributed by atoms with Crippen molar-refractivity contribution in [3.8, 4) is 0 Å². The van der Waals surface area contributed by atoms with Crippen molar-refractivity contribution in [2.24, 2.45) is 0 Å². The van der Waals surface area contributed by atoms with Gasteiger partial charge in [0.15, 0.2) is 0 Å². The standard InChI is InChI=1S/C20H24N4O4S/c25-19-9-14-24(29(27,28)18-7-2-1-3-8-18)13-5-12-23(15-11-22-19)20(26)17-6-4-10-21-16-17/h1-4,6-8,10,16H,5,9,11-15H2,(H,22,25). The van der Waals surface area contributed by atoms with Gasteiger partial charge in [-0.3, -0.25) is 14.6 Å². The molecule has 0 saturated carbocycles. The van der Waals surface area contributed by atoms with Gasteiger partial charge in [0, 0.05) is 51.5 Å². The number of carbonyl (C=O) groups is 2. The lowest BCUT2D eigenvalue weighted by Gasteiger charge is -2.24. The number of nitrogens with zero attached hydrogens (tertiary/aromatic N) is 3. The van der Waals surface area contributed by atoms with E-state index >= 15 is 0 Å². The molecule has 0 radical (unpaired) electrons. The van der Waals surface area contributed by atoms with E-state index in [2.05, 4.69) is 10.3 Å². The molecule has 8 nitrogen and oxygen atoms in total. The average Bonchev–Trinajstić information content (AvgIpc) is 2.79. The molecule has 1 saturated heterocycles. The van der Waals surface area contributed by atoms with E-state index < -0.39 is 10.0 Å². The number of hydrogen-bond acceptors (Lipinski definition) is 5. The van der Waals surface area contributed by atoms with E-state index in [0.29, 0.717) is 31.6 Å². The minimum Gasteiger partial charge on any atom is -0.354 e. The van der Waals surface area contributed by atoms with E-state index in [1.165, 1.54) is 10.5 Å².